The Labute approximate surface area is 752 Å². The second kappa shape index (κ2) is 43.0. The molecule has 8 aromatic rings. The van der Waals surface area contributed by atoms with Gasteiger partial charge in [-0.05, 0) is 255 Å². The van der Waals surface area contributed by atoms with Crippen molar-refractivity contribution in [2.24, 2.45) is 10.2 Å². The van der Waals surface area contributed by atoms with Gasteiger partial charge >= 0.3 is 0 Å². The Kier molecular flexibility index (Phi) is 34.6. The Balaban J connectivity index is 0.795. The SMILES string of the molecule is O=C(N/N=C\c1cc(Br)c(O)c(Br)c1)C(Nc1ccc(Cl)cc1Cl)C(=O)NNC(=S)Nc1ccc(/C=C/c2ccc(NC(=S)NCCOCCNC(=S)Nc3ccc(/C=C/c4ccc(NC(=S)NNC(=O)C(Nc5ccc(Cl)cc5Cl)C(=O)N/N=C\c5cc(Br)c(O)c(Br)c5)cc4S(=O)(=O)[O-])c(S(=O)(=O)[O-])c3)cc2S(=O)(=O)[O-])c(S(=O)(=O)[O-])c1. The van der Waals surface area contributed by atoms with E-state index >= 15 is 0 Å². The highest BCUT2D eigenvalue weighted by Crippen LogP contribution is 2.36. The second-order valence-electron chi connectivity index (χ2n) is 23.5. The first-order chi connectivity index (χ1) is 55.9. The molecule has 0 saturated heterocycles. The number of phenols is 2. The fourth-order valence-corrected chi connectivity index (χ4v) is 16.6. The van der Waals surface area contributed by atoms with Crippen molar-refractivity contribution in [3.05, 3.63) is 205 Å². The number of hydrogen-bond acceptors (Lipinski definition) is 27. The lowest BCUT2D eigenvalue weighted by molar-refractivity contribution is -0.132. The number of hydrazine groups is 2. The molecule has 628 valence electrons. The normalized spacial score (nSPS) is 12.3. The summed E-state index contributed by atoms with van der Waals surface area (Å²) >= 11 is 58.7. The van der Waals surface area contributed by atoms with Gasteiger partial charge in [0.1, 0.15) is 52.0 Å². The van der Waals surface area contributed by atoms with Crippen LogP contribution >= 0.6 is 159 Å². The molecule has 0 bridgehead atoms. The van der Waals surface area contributed by atoms with Gasteiger partial charge < -0.3 is 75.7 Å². The molecular formula is C68H54Br4Cl4N16O19S8-4. The summed E-state index contributed by atoms with van der Waals surface area (Å²) in [5, 5.41) is 49.1. The van der Waals surface area contributed by atoms with Crippen LogP contribution in [0.1, 0.15) is 33.4 Å². The number of hydrogen-bond donors (Lipinski definition) is 16. The lowest BCUT2D eigenvalue weighted by Crippen LogP contribution is -2.54. The zero-order chi connectivity index (χ0) is 87.4. The van der Waals surface area contributed by atoms with Gasteiger partial charge in [-0.15, -0.1) is 0 Å². The summed E-state index contributed by atoms with van der Waals surface area (Å²) in [5.41, 5.74) is 13.5. The average Bonchev–Trinajstić information content (AvgIpc) is 0.802. The monoisotopic (exact) mass is 2110 g/mol. The van der Waals surface area contributed by atoms with Crippen LogP contribution in [0.2, 0.25) is 20.1 Å². The molecule has 0 radical (unpaired) electrons. The molecule has 2 atom stereocenters. The summed E-state index contributed by atoms with van der Waals surface area (Å²) in [5.74, 6) is -4.31. The van der Waals surface area contributed by atoms with Crippen molar-refractivity contribution < 1.29 is 86.0 Å². The second-order valence-corrected chi connectivity index (χ2v) is 35.7. The molecule has 0 aliphatic heterocycles. The third-order valence-electron chi connectivity index (χ3n) is 15.1. The topological polar surface area (TPSA) is 540 Å². The third-order valence-corrected chi connectivity index (χ3v) is 23.1. The van der Waals surface area contributed by atoms with Gasteiger partial charge in [-0.3, -0.25) is 40.9 Å². The Hall–Kier alpha value is -8.90. The average molecular weight is 2120 g/mol. The fourth-order valence-electron chi connectivity index (χ4n) is 9.67. The maximum atomic E-state index is 13.5. The van der Waals surface area contributed by atoms with E-state index in [2.05, 4.69) is 149 Å². The zero-order valence-corrected chi connectivity index (χ0v) is 75.1. The number of hydrazone groups is 2. The molecule has 8 rings (SSSR count). The van der Waals surface area contributed by atoms with Gasteiger partial charge in [-0.2, -0.15) is 10.2 Å². The van der Waals surface area contributed by atoms with Crippen molar-refractivity contribution in [1.82, 2.24) is 43.2 Å². The number of thiocarbonyl (C=S) groups is 4. The van der Waals surface area contributed by atoms with Crippen LogP contribution < -0.4 is 75.1 Å². The van der Waals surface area contributed by atoms with Crippen LogP contribution in [0.5, 0.6) is 11.5 Å². The molecule has 35 nitrogen and oxygen atoms in total. The van der Waals surface area contributed by atoms with Crippen LogP contribution in [0, 0.1) is 0 Å². The molecule has 4 amide bonds. The number of nitrogens with one attached hydrogen (secondary N) is 14. The van der Waals surface area contributed by atoms with E-state index in [1.165, 1.54) is 109 Å². The van der Waals surface area contributed by atoms with Crippen LogP contribution in [0.3, 0.4) is 0 Å². The predicted molar refractivity (Wildman–Crippen MR) is 476 cm³/mol. The van der Waals surface area contributed by atoms with Crippen LogP contribution in [0.25, 0.3) is 24.3 Å². The molecule has 0 spiro atoms. The first-order valence-corrected chi connectivity index (χ1v) is 44.5. The van der Waals surface area contributed by atoms with Crippen molar-refractivity contribution in [3.63, 3.8) is 0 Å². The van der Waals surface area contributed by atoms with Gasteiger partial charge in [-0.1, -0.05) is 95.0 Å². The maximum Gasteiger partial charge on any atom is 0.272 e. The number of nitrogens with zero attached hydrogens (tertiary/aromatic N) is 2. The number of carbonyl (C=O) groups is 4. The number of rotatable bonds is 30. The van der Waals surface area contributed by atoms with Crippen molar-refractivity contribution >= 4 is 314 Å². The smallest absolute Gasteiger partial charge is 0.272 e. The summed E-state index contributed by atoms with van der Waals surface area (Å²) in [6.07, 6.45) is 6.70. The zero-order valence-electron chi connectivity index (χ0n) is 59.2. The van der Waals surface area contributed by atoms with Crippen LogP contribution in [0.15, 0.2) is 181 Å². The summed E-state index contributed by atoms with van der Waals surface area (Å²) in [7, 11) is -21.1. The molecule has 8 aromatic carbocycles. The molecular weight excluding hydrogens is 2060 g/mol. The van der Waals surface area contributed by atoms with E-state index in [0.717, 1.165) is 60.7 Å². The number of anilines is 6. The standard InChI is InChI=1S/C68H58Br4Cl4N16O19S8/c69-45-21-33(22-46(70)59(45)93)31-79-87-61(95)57(85-51-15-9-39(73)25-49(51)75)63(97)89-91-67(114)83-43-13-7-37(55(29-43)118(105,106)107)3-1-35-5-11-41(27-53(35)116(99,100)101)81-65(112)77-17-19-111-20-18-78-66(113)82-42-12-6-36(54(28-42)117(102,103)104)2-4-38-8-14-44(30-56(38)119(108,109)110)84-68(115)92-90-64(98)58(86-52-16-10-40(74)26-50(52)76)62(96)88-80-32-34-23-47(71)60(94)48(72)24-34/h1-16,21-32,57-58,85-86,93-94H,17-20H2,(H,87,95)(H,88,96)(H,89,97)(H,90,98)(H2,77,81,112)(H2,78,82,113)(H2,83,91,114)(H2,84,92,115)(H,99,100,101)(H,102,103,104)(H,105,106,107)(H,108,109,110)/p-4/b3-1+,4-2+,79-31-,80-32-. The number of aromatic hydroxyl groups is 2. The van der Waals surface area contributed by atoms with Gasteiger partial charge in [0.15, 0.2) is 32.5 Å². The molecule has 0 aliphatic rings. The minimum atomic E-state index is -5.30. The Morgan fingerprint density at radius 3 is 0.975 bits per heavy atom. The van der Waals surface area contributed by atoms with Gasteiger partial charge in [0.2, 0.25) is 0 Å². The molecule has 0 aliphatic carbocycles. The summed E-state index contributed by atoms with van der Waals surface area (Å²) in [6.45, 7) is 0.210. The number of halogens is 8. The largest absolute Gasteiger partial charge is 0.744 e. The minimum absolute atomic E-state index is 0.0211. The number of ether oxygens (including phenoxy) is 1. The number of benzene rings is 8. The molecule has 0 heterocycles. The highest BCUT2D eigenvalue weighted by Gasteiger charge is 2.30. The van der Waals surface area contributed by atoms with E-state index < -0.39 is 106 Å². The Morgan fingerprint density at radius 1 is 0.412 bits per heavy atom. The van der Waals surface area contributed by atoms with E-state index in [9.17, 15) is 81.3 Å². The summed E-state index contributed by atoms with van der Waals surface area (Å²) in [4.78, 5) is 50.7. The molecule has 0 aromatic heterocycles. The fraction of sp³-hybridized carbons (Fsp3) is 0.0882. The lowest BCUT2D eigenvalue weighted by Gasteiger charge is -2.20. The number of amides is 4. The van der Waals surface area contributed by atoms with Gasteiger partial charge in [0, 0.05) is 45.9 Å². The summed E-state index contributed by atoms with van der Waals surface area (Å²) < 4.78 is 158. The van der Waals surface area contributed by atoms with E-state index in [0.29, 0.717) is 29.0 Å². The van der Waals surface area contributed by atoms with Gasteiger partial charge in [0.05, 0.1) is 84.5 Å². The Morgan fingerprint density at radius 2 is 0.697 bits per heavy atom. The molecule has 2 unspecified atom stereocenters. The lowest BCUT2D eigenvalue weighted by atomic mass is 10.1. The quantitative estimate of drug-likeness (QED) is 0.00378. The first-order valence-electron chi connectivity index (χ1n) is 32.5. The molecule has 16 N–H and O–H groups in total. The highest BCUT2D eigenvalue weighted by atomic mass is 79.9. The van der Waals surface area contributed by atoms with E-state index in [4.69, 9.17) is 100 Å². The molecule has 51 heteroatoms. The van der Waals surface area contributed by atoms with Crippen LogP contribution in [0.4, 0.5) is 34.1 Å². The predicted octanol–water partition coefficient (Wildman–Crippen LogP) is 9.91. The number of phenolic OH excluding ortho intramolecular Hbond substituents is 2. The van der Waals surface area contributed by atoms with Gasteiger partial charge in [-0.25, -0.2) is 44.5 Å². The van der Waals surface area contributed by atoms with Crippen molar-refractivity contribution in [2.75, 3.05) is 58.2 Å². The van der Waals surface area contributed by atoms with Crippen LogP contribution in [-0.2, 0) is 64.4 Å². The van der Waals surface area contributed by atoms with E-state index in [1.807, 2.05) is 0 Å². The van der Waals surface area contributed by atoms with E-state index in [-0.39, 0.29) is 124 Å². The summed E-state index contributed by atoms with van der Waals surface area (Å²) in [6, 6.07) is 24.3. The van der Waals surface area contributed by atoms with Gasteiger partial charge in [0.25, 0.3) is 23.6 Å². The molecule has 0 fully saturated rings. The molecule has 119 heavy (non-hydrogen) atoms. The number of carbonyl (C=O) groups excluding carboxylic acids is 4. The highest BCUT2D eigenvalue weighted by molar-refractivity contribution is 9.11. The van der Waals surface area contributed by atoms with Crippen molar-refractivity contribution in [2.45, 2.75) is 31.7 Å². The van der Waals surface area contributed by atoms with Crippen LogP contribution in [-0.4, -0.2) is 157 Å². The van der Waals surface area contributed by atoms with Crippen molar-refractivity contribution in [1.29, 1.82) is 0 Å². The third kappa shape index (κ3) is 29.2. The minimum Gasteiger partial charge on any atom is -0.744 e. The Bertz CT molecular complexity index is 5580. The van der Waals surface area contributed by atoms with Crippen molar-refractivity contribution in [3.8, 4) is 11.5 Å². The molecule has 0 saturated carbocycles. The first kappa shape index (κ1) is 95.6. The van der Waals surface area contributed by atoms with E-state index in [1.54, 1.807) is 0 Å². The maximum absolute atomic E-state index is 13.5.